The summed E-state index contributed by atoms with van der Waals surface area (Å²) in [7, 11) is 0. The fourth-order valence-electron chi connectivity index (χ4n) is 5.80. The first-order valence-corrected chi connectivity index (χ1v) is 15.9. The number of anilines is 1. The number of imidazole rings is 1. The van der Waals surface area contributed by atoms with Gasteiger partial charge < -0.3 is 15.6 Å². The fourth-order valence-corrected chi connectivity index (χ4v) is 5.80. The summed E-state index contributed by atoms with van der Waals surface area (Å²) in [5, 5.41) is 2.93. The summed E-state index contributed by atoms with van der Waals surface area (Å²) >= 11 is 0. The molecule has 10 heteroatoms. The molecule has 2 heterocycles. The van der Waals surface area contributed by atoms with Crippen molar-refractivity contribution in [2.45, 2.75) is 85.5 Å². The van der Waals surface area contributed by atoms with Crippen LogP contribution in [0.15, 0.2) is 64.2 Å². The largest absolute Gasteiger partial charge is 0.332 e. The molecule has 0 saturated carbocycles. The molecule has 3 N–H and O–H groups in total. The van der Waals surface area contributed by atoms with Crippen molar-refractivity contribution < 1.29 is 4.79 Å². The molecular weight excluding hydrogens is 554 g/mol. The number of nitrogens with two attached hydrogens (primary N) is 1. The van der Waals surface area contributed by atoms with Crippen LogP contribution in [-0.4, -0.2) is 49.1 Å². The summed E-state index contributed by atoms with van der Waals surface area (Å²) in [6.07, 6.45) is 3.68. The standard InChI is InChI=1S/C34H47N7O3/c1-5-22-40-33(43)31-32(37-29(24-27-13-9-8-10-14-27)41(31)25(4)38(6-2)7-3)39(34(40)44)23-20-26-16-18-28(19-17-26)36-30(42)15-11-12-21-35/h8-10,13-14,16-19,25H,5-7,11-12,15,20-24,35H2,1-4H3,(H,36,42). The molecule has 0 fully saturated rings. The predicted molar refractivity (Wildman–Crippen MR) is 177 cm³/mol. The number of carbonyl (C=O) groups excluding carboxylic acids is 1. The SMILES string of the molecule is CCCn1c(=O)c2c(nc(Cc3ccccc3)n2C(C)N(CC)CC)n(CCc2ccc(NC(=O)CCCCN)cc2)c1=O. The molecule has 1 amide bonds. The first-order valence-electron chi connectivity index (χ1n) is 15.9. The lowest BCUT2D eigenvalue weighted by molar-refractivity contribution is -0.116. The highest BCUT2D eigenvalue weighted by Crippen LogP contribution is 2.24. The minimum atomic E-state index is -0.336. The molecule has 0 aliphatic heterocycles. The van der Waals surface area contributed by atoms with E-state index in [9.17, 15) is 14.4 Å². The summed E-state index contributed by atoms with van der Waals surface area (Å²) in [6, 6.07) is 17.8. The molecule has 0 aliphatic rings. The molecule has 0 aliphatic carbocycles. The summed E-state index contributed by atoms with van der Waals surface area (Å²) in [5.74, 6) is 0.732. The molecule has 0 spiro atoms. The summed E-state index contributed by atoms with van der Waals surface area (Å²) in [4.78, 5) is 47.3. The lowest BCUT2D eigenvalue weighted by Gasteiger charge is -2.29. The van der Waals surface area contributed by atoms with Gasteiger partial charge >= 0.3 is 5.69 Å². The van der Waals surface area contributed by atoms with Gasteiger partial charge in [0.25, 0.3) is 5.56 Å². The fraction of sp³-hybridized carbons (Fsp3) is 0.471. The Hall–Kier alpha value is -4.02. The Morgan fingerprint density at radius 1 is 0.932 bits per heavy atom. The second-order valence-electron chi connectivity index (χ2n) is 11.2. The van der Waals surface area contributed by atoms with Crippen molar-refractivity contribution in [1.82, 2.24) is 23.6 Å². The van der Waals surface area contributed by atoms with Crippen LogP contribution < -0.4 is 22.3 Å². The smallest absolute Gasteiger partial charge is 0.330 e. The van der Waals surface area contributed by atoms with Gasteiger partial charge in [-0.25, -0.2) is 9.78 Å². The Morgan fingerprint density at radius 3 is 2.27 bits per heavy atom. The van der Waals surface area contributed by atoms with Crippen LogP contribution in [0.4, 0.5) is 5.69 Å². The van der Waals surface area contributed by atoms with Gasteiger partial charge in [-0.05, 0) is 75.5 Å². The van der Waals surface area contributed by atoms with Crippen LogP contribution >= 0.6 is 0 Å². The van der Waals surface area contributed by atoms with Crippen molar-refractivity contribution in [2.24, 2.45) is 5.73 Å². The molecule has 2 aromatic carbocycles. The molecule has 236 valence electrons. The maximum absolute atomic E-state index is 14.0. The summed E-state index contributed by atoms with van der Waals surface area (Å²) in [6.45, 7) is 11.2. The number of unbranched alkanes of at least 4 members (excludes halogenated alkanes) is 1. The first-order chi connectivity index (χ1) is 21.3. The number of nitrogens with one attached hydrogen (secondary N) is 1. The van der Waals surface area contributed by atoms with Gasteiger partial charge in [-0.15, -0.1) is 0 Å². The Labute approximate surface area is 259 Å². The molecule has 0 bridgehead atoms. The van der Waals surface area contributed by atoms with Crippen LogP contribution in [0.3, 0.4) is 0 Å². The minimum absolute atomic E-state index is 0.0286. The second-order valence-corrected chi connectivity index (χ2v) is 11.2. The molecule has 0 radical (unpaired) electrons. The normalized spacial score (nSPS) is 12.2. The number of fused-ring (bicyclic) bond motifs is 1. The maximum atomic E-state index is 14.0. The van der Waals surface area contributed by atoms with Gasteiger partial charge in [-0.1, -0.05) is 63.2 Å². The lowest BCUT2D eigenvalue weighted by Crippen LogP contribution is -2.41. The van der Waals surface area contributed by atoms with Crippen LogP contribution in [0.25, 0.3) is 11.2 Å². The predicted octanol–water partition coefficient (Wildman–Crippen LogP) is 4.53. The zero-order valence-corrected chi connectivity index (χ0v) is 26.6. The van der Waals surface area contributed by atoms with E-state index in [0.29, 0.717) is 56.5 Å². The molecule has 4 rings (SSSR count). The Morgan fingerprint density at radius 2 is 1.64 bits per heavy atom. The average Bonchev–Trinajstić information content (AvgIpc) is 3.40. The van der Waals surface area contributed by atoms with E-state index in [1.165, 1.54) is 4.57 Å². The zero-order valence-electron chi connectivity index (χ0n) is 26.6. The van der Waals surface area contributed by atoms with Crippen molar-refractivity contribution in [1.29, 1.82) is 0 Å². The minimum Gasteiger partial charge on any atom is -0.330 e. The van der Waals surface area contributed by atoms with Gasteiger partial charge in [0.05, 0.1) is 6.17 Å². The van der Waals surface area contributed by atoms with Gasteiger partial charge in [-0.2, -0.15) is 0 Å². The number of rotatable bonds is 16. The van der Waals surface area contributed by atoms with E-state index in [4.69, 9.17) is 10.7 Å². The van der Waals surface area contributed by atoms with E-state index in [1.54, 1.807) is 4.57 Å². The number of aromatic nitrogens is 4. The highest BCUT2D eigenvalue weighted by atomic mass is 16.2. The number of nitrogens with zero attached hydrogens (tertiary/aromatic N) is 5. The molecule has 1 unspecified atom stereocenters. The lowest BCUT2D eigenvalue weighted by atomic mass is 10.1. The molecule has 4 aromatic rings. The van der Waals surface area contributed by atoms with E-state index < -0.39 is 0 Å². The van der Waals surface area contributed by atoms with Gasteiger partial charge in [0.2, 0.25) is 5.91 Å². The van der Waals surface area contributed by atoms with E-state index in [2.05, 4.69) is 43.1 Å². The summed E-state index contributed by atoms with van der Waals surface area (Å²) < 4.78 is 5.08. The number of amides is 1. The quantitative estimate of drug-likeness (QED) is 0.182. The summed E-state index contributed by atoms with van der Waals surface area (Å²) in [5.41, 5.74) is 8.63. The first kappa shape index (κ1) is 32.9. The molecule has 0 saturated heterocycles. The molecule has 44 heavy (non-hydrogen) atoms. The van der Waals surface area contributed by atoms with E-state index in [0.717, 1.165) is 48.6 Å². The van der Waals surface area contributed by atoms with Gasteiger partial charge in [0, 0.05) is 31.6 Å². The van der Waals surface area contributed by atoms with Crippen molar-refractivity contribution in [2.75, 3.05) is 25.0 Å². The molecular formula is C34H47N7O3. The third-order valence-corrected chi connectivity index (χ3v) is 8.22. The maximum Gasteiger partial charge on any atom is 0.332 e. The average molecular weight is 602 g/mol. The van der Waals surface area contributed by atoms with E-state index in [1.807, 2.05) is 54.0 Å². The number of aryl methyl sites for hydroxylation is 2. The van der Waals surface area contributed by atoms with Crippen molar-refractivity contribution in [3.05, 3.63) is 92.4 Å². The molecule has 2 aromatic heterocycles. The van der Waals surface area contributed by atoms with Crippen LogP contribution in [0.1, 0.15) is 76.5 Å². The topological polar surface area (TPSA) is 120 Å². The number of carbonyl (C=O) groups is 1. The highest BCUT2D eigenvalue weighted by Gasteiger charge is 2.26. The van der Waals surface area contributed by atoms with Crippen molar-refractivity contribution in [3.8, 4) is 0 Å². The molecule has 10 nitrogen and oxygen atoms in total. The van der Waals surface area contributed by atoms with Crippen molar-refractivity contribution >= 4 is 22.8 Å². The number of hydrogen-bond donors (Lipinski definition) is 2. The Bertz CT molecular complexity index is 1630. The number of benzene rings is 2. The second kappa shape index (κ2) is 15.6. The van der Waals surface area contributed by atoms with E-state index >= 15 is 0 Å². The zero-order chi connectivity index (χ0) is 31.6. The van der Waals surface area contributed by atoms with Gasteiger partial charge in [0.15, 0.2) is 11.2 Å². The van der Waals surface area contributed by atoms with Crippen LogP contribution in [-0.2, 0) is 30.7 Å². The Kier molecular flexibility index (Phi) is 11.7. The van der Waals surface area contributed by atoms with Crippen LogP contribution in [0, 0.1) is 0 Å². The van der Waals surface area contributed by atoms with Crippen molar-refractivity contribution in [3.63, 3.8) is 0 Å². The Balaban J connectivity index is 1.73. The number of hydrogen-bond acceptors (Lipinski definition) is 6. The highest BCUT2D eigenvalue weighted by molar-refractivity contribution is 5.90. The van der Waals surface area contributed by atoms with Gasteiger partial charge in [0.1, 0.15) is 5.82 Å². The third kappa shape index (κ3) is 7.54. The van der Waals surface area contributed by atoms with Gasteiger partial charge in [-0.3, -0.25) is 23.6 Å². The molecule has 1 atom stereocenters. The van der Waals surface area contributed by atoms with Crippen LogP contribution in [0.5, 0.6) is 0 Å². The van der Waals surface area contributed by atoms with Crippen LogP contribution in [0.2, 0.25) is 0 Å². The monoisotopic (exact) mass is 601 g/mol. The van der Waals surface area contributed by atoms with E-state index in [-0.39, 0.29) is 23.3 Å². The third-order valence-electron chi connectivity index (χ3n) is 8.22.